The second-order valence-corrected chi connectivity index (χ2v) is 7.64. The van der Waals surface area contributed by atoms with Crippen LogP contribution in [0.2, 0.25) is 0 Å². The highest BCUT2D eigenvalue weighted by Gasteiger charge is 2.53. The lowest BCUT2D eigenvalue weighted by Crippen LogP contribution is -2.64. The number of rotatable bonds is 2. The highest BCUT2D eigenvalue weighted by Crippen LogP contribution is 2.43. The third-order valence-electron chi connectivity index (χ3n) is 5.91. The Balaban J connectivity index is 1.68. The molecular formula is C18H26N2O. The monoisotopic (exact) mass is 286 g/mol. The minimum Gasteiger partial charge on any atom is -0.392 e. The molecule has 0 aromatic heterocycles. The predicted molar refractivity (Wildman–Crippen MR) is 84.4 cm³/mol. The molecule has 3 atom stereocenters. The molecule has 3 nitrogen and oxygen atoms in total. The van der Waals surface area contributed by atoms with E-state index < -0.39 is 0 Å². The Labute approximate surface area is 127 Å². The minimum atomic E-state index is -0.135. The zero-order valence-corrected chi connectivity index (χ0v) is 13.2. The molecule has 0 spiro atoms. The maximum absolute atomic E-state index is 11.0. The summed E-state index contributed by atoms with van der Waals surface area (Å²) in [5, 5.41) is 11.0. The van der Waals surface area contributed by atoms with Gasteiger partial charge >= 0.3 is 0 Å². The van der Waals surface area contributed by atoms with E-state index in [0.29, 0.717) is 5.92 Å². The Bertz CT molecular complexity index is 540. The Morgan fingerprint density at radius 1 is 1.14 bits per heavy atom. The molecule has 0 aliphatic carbocycles. The van der Waals surface area contributed by atoms with E-state index >= 15 is 0 Å². The van der Waals surface area contributed by atoms with Gasteiger partial charge in [0.15, 0.2) is 0 Å². The van der Waals surface area contributed by atoms with Gasteiger partial charge in [-0.2, -0.15) is 0 Å². The van der Waals surface area contributed by atoms with Crippen LogP contribution in [-0.4, -0.2) is 60.3 Å². The summed E-state index contributed by atoms with van der Waals surface area (Å²) in [5.41, 5.74) is 4.16. The average molecular weight is 286 g/mol. The molecule has 4 aliphatic rings. The fourth-order valence-electron chi connectivity index (χ4n) is 4.94. The number of hydrogen-bond donors (Lipinski definition) is 1. The van der Waals surface area contributed by atoms with Crippen LogP contribution in [0.1, 0.15) is 16.7 Å². The van der Waals surface area contributed by atoms with Crippen LogP contribution in [0.25, 0.3) is 0 Å². The molecule has 0 saturated carbocycles. The van der Waals surface area contributed by atoms with Gasteiger partial charge in [-0.3, -0.25) is 0 Å². The van der Waals surface area contributed by atoms with Crippen molar-refractivity contribution in [2.45, 2.75) is 26.4 Å². The Hall–Kier alpha value is -0.900. The highest BCUT2D eigenvalue weighted by atomic mass is 16.3. The van der Waals surface area contributed by atoms with Gasteiger partial charge in [-0.1, -0.05) is 23.8 Å². The first-order chi connectivity index (χ1) is 10.1. The Morgan fingerprint density at radius 2 is 1.81 bits per heavy atom. The Kier molecular flexibility index (Phi) is 3.14. The number of aryl methyl sites for hydroxylation is 2. The summed E-state index contributed by atoms with van der Waals surface area (Å²) in [4.78, 5) is 5.18. The molecule has 1 N–H and O–H groups in total. The van der Waals surface area contributed by atoms with Gasteiger partial charge in [0.05, 0.1) is 6.10 Å². The number of aliphatic hydroxyl groups is 1. The number of hydrogen-bond acceptors (Lipinski definition) is 3. The van der Waals surface area contributed by atoms with Crippen molar-refractivity contribution in [2.24, 2.45) is 11.3 Å². The lowest BCUT2D eigenvalue weighted by molar-refractivity contribution is -0.116. The number of aliphatic hydroxyl groups excluding tert-OH is 1. The number of piperidine rings is 2. The summed E-state index contributed by atoms with van der Waals surface area (Å²) in [6, 6.07) is 6.76. The largest absolute Gasteiger partial charge is 0.392 e. The van der Waals surface area contributed by atoms with Gasteiger partial charge < -0.3 is 14.9 Å². The molecule has 3 heteroatoms. The summed E-state index contributed by atoms with van der Waals surface area (Å²) in [7, 11) is 0. The fourth-order valence-corrected chi connectivity index (χ4v) is 4.94. The first-order valence-corrected chi connectivity index (χ1v) is 8.25. The zero-order valence-electron chi connectivity index (χ0n) is 13.2. The van der Waals surface area contributed by atoms with Crippen molar-refractivity contribution >= 4 is 0 Å². The van der Waals surface area contributed by atoms with E-state index in [1.165, 1.54) is 29.8 Å². The van der Waals surface area contributed by atoms with Gasteiger partial charge in [0.2, 0.25) is 0 Å². The second-order valence-electron chi connectivity index (χ2n) is 7.64. The fraction of sp³-hybridized carbons (Fsp3) is 0.667. The molecule has 5 rings (SSSR count). The van der Waals surface area contributed by atoms with Crippen LogP contribution < -0.4 is 0 Å². The SMILES string of the molecule is Cc1ccc(CC23CN4CCN(CC(C4)[C@@H]2O)C3)c(C)c1. The summed E-state index contributed by atoms with van der Waals surface area (Å²) < 4.78 is 0. The molecular weight excluding hydrogens is 260 g/mol. The average Bonchev–Trinajstić information content (AvgIpc) is 2.67. The summed E-state index contributed by atoms with van der Waals surface area (Å²) in [6.45, 7) is 11.0. The van der Waals surface area contributed by atoms with E-state index in [0.717, 1.165) is 32.6 Å². The van der Waals surface area contributed by atoms with Gasteiger partial charge in [-0.25, -0.2) is 0 Å². The van der Waals surface area contributed by atoms with Crippen LogP contribution in [0, 0.1) is 25.2 Å². The van der Waals surface area contributed by atoms with Crippen LogP contribution in [0.15, 0.2) is 18.2 Å². The van der Waals surface area contributed by atoms with E-state index in [1.54, 1.807) is 0 Å². The molecule has 0 radical (unpaired) electrons. The molecule has 1 aromatic carbocycles. The molecule has 4 saturated heterocycles. The molecule has 4 heterocycles. The summed E-state index contributed by atoms with van der Waals surface area (Å²) in [6.07, 6.45) is 0.882. The van der Waals surface area contributed by atoms with Crippen molar-refractivity contribution in [3.05, 3.63) is 34.9 Å². The maximum Gasteiger partial charge on any atom is 0.0676 e. The van der Waals surface area contributed by atoms with Crippen molar-refractivity contribution in [3.63, 3.8) is 0 Å². The smallest absolute Gasteiger partial charge is 0.0676 e. The van der Waals surface area contributed by atoms with Crippen LogP contribution in [0.5, 0.6) is 0 Å². The quantitative estimate of drug-likeness (QED) is 0.891. The number of fused-ring (bicyclic) bond motifs is 1. The molecule has 2 unspecified atom stereocenters. The first-order valence-electron chi connectivity index (χ1n) is 8.25. The van der Waals surface area contributed by atoms with Crippen LogP contribution >= 0.6 is 0 Å². The lowest BCUT2D eigenvalue weighted by Gasteiger charge is -2.53. The minimum absolute atomic E-state index is 0.0394. The molecule has 4 aliphatic heterocycles. The zero-order chi connectivity index (χ0) is 14.6. The van der Waals surface area contributed by atoms with Crippen LogP contribution in [-0.2, 0) is 6.42 Å². The van der Waals surface area contributed by atoms with Crippen molar-refractivity contribution in [2.75, 3.05) is 39.3 Å². The lowest BCUT2D eigenvalue weighted by atomic mass is 9.66. The van der Waals surface area contributed by atoms with Gasteiger partial charge in [-0.15, -0.1) is 0 Å². The van der Waals surface area contributed by atoms with E-state index in [9.17, 15) is 5.11 Å². The van der Waals surface area contributed by atoms with E-state index in [4.69, 9.17) is 0 Å². The van der Waals surface area contributed by atoms with Gasteiger partial charge in [-0.05, 0) is 31.4 Å². The van der Waals surface area contributed by atoms with Crippen LogP contribution in [0.3, 0.4) is 0 Å². The van der Waals surface area contributed by atoms with Crippen molar-refractivity contribution in [1.29, 1.82) is 0 Å². The molecule has 4 bridgehead atoms. The normalized spacial score (nSPS) is 41.3. The third-order valence-corrected chi connectivity index (χ3v) is 5.91. The molecule has 114 valence electrons. The van der Waals surface area contributed by atoms with Gasteiger partial charge in [0, 0.05) is 50.6 Å². The summed E-state index contributed by atoms with van der Waals surface area (Å²) >= 11 is 0. The van der Waals surface area contributed by atoms with E-state index in [1.807, 2.05) is 0 Å². The van der Waals surface area contributed by atoms with Gasteiger partial charge in [0.1, 0.15) is 0 Å². The van der Waals surface area contributed by atoms with E-state index in [-0.39, 0.29) is 11.5 Å². The molecule has 0 amide bonds. The summed E-state index contributed by atoms with van der Waals surface area (Å²) in [5.74, 6) is 0.445. The maximum atomic E-state index is 11.0. The molecule has 1 aromatic rings. The highest BCUT2D eigenvalue weighted by molar-refractivity contribution is 5.32. The standard InChI is InChI=1S/C18H26N2O/c1-13-3-4-15(14(2)7-13)8-18-11-19-5-6-20(12-18)10-16(9-19)17(18)21/h3-4,7,16-17,21H,5-6,8-12H2,1-2H3/t16?,17-,18?/m0/s1. The second kappa shape index (κ2) is 4.80. The number of benzene rings is 1. The first kappa shape index (κ1) is 13.7. The van der Waals surface area contributed by atoms with Crippen molar-refractivity contribution < 1.29 is 5.11 Å². The van der Waals surface area contributed by atoms with E-state index in [2.05, 4.69) is 41.8 Å². The van der Waals surface area contributed by atoms with Crippen LogP contribution in [0.4, 0.5) is 0 Å². The Morgan fingerprint density at radius 3 is 2.43 bits per heavy atom. The molecule has 21 heavy (non-hydrogen) atoms. The topological polar surface area (TPSA) is 26.7 Å². The molecule has 4 fully saturated rings. The van der Waals surface area contributed by atoms with Crippen molar-refractivity contribution in [1.82, 2.24) is 9.80 Å². The van der Waals surface area contributed by atoms with Crippen molar-refractivity contribution in [3.8, 4) is 0 Å². The third kappa shape index (κ3) is 2.23. The predicted octanol–water partition coefficient (Wildman–Crippen LogP) is 1.45. The van der Waals surface area contributed by atoms with Gasteiger partial charge in [0.25, 0.3) is 0 Å². The number of nitrogens with zero attached hydrogens (tertiary/aromatic N) is 2.